The Labute approximate surface area is 230 Å². The van der Waals surface area contributed by atoms with Crippen molar-refractivity contribution in [1.82, 2.24) is 9.97 Å². The molecule has 9 heteroatoms. The number of carbonyl (C=O) groups is 1. The normalized spacial score (nSPS) is 9.58. The first-order valence-electron chi connectivity index (χ1n) is 10.6. The number of hydrogen-bond acceptors (Lipinski definition) is 3. The molecule has 0 saturated heterocycles. The zero-order chi connectivity index (χ0) is 26.6. The van der Waals surface area contributed by atoms with E-state index < -0.39 is 29.2 Å². The second kappa shape index (κ2) is 15.1. The summed E-state index contributed by atoms with van der Waals surface area (Å²) >= 11 is 0. The topological polar surface area (TPSA) is 63.1 Å². The van der Waals surface area contributed by atoms with Crippen LogP contribution in [-0.2, 0) is 20.1 Å². The van der Waals surface area contributed by atoms with Gasteiger partial charge in [0.2, 0.25) is 5.97 Å². The molecule has 0 fully saturated rings. The van der Waals surface area contributed by atoms with Gasteiger partial charge in [-0.05, 0) is 23.5 Å². The summed E-state index contributed by atoms with van der Waals surface area (Å²) in [6.07, 6.45) is 3.10. The molecule has 0 atom stereocenters. The zero-order valence-corrected chi connectivity index (χ0v) is 21.7. The summed E-state index contributed by atoms with van der Waals surface area (Å²) in [7, 11) is 0. The van der Waals surface area contributed by atoms with Gasteiger partial charge in [-0.25, -0.2) is 0 Å². The molecule has 0 bridgehead atoms. The Hall–Kier alpha value is -4.20. The first-order valence-corrected chi connectivity index (χ1v) is 10.6. The van der Waals surface area contributed by atoms with Gasteiger partial charge in [0, 0.05) is 35.7 Å². The molecule has 1 N–H and O–H groups in total. The van der Waals surface area contributed by atoms with E-state index in [1.807, 2.05) is 0 Å². The van der Waals surface area contributed by atoms with E-state index in [0.29, 0.717) is 11.4 Å². The van der Waals surface area contributed by atoms with Gasteiger partial charge in [0.1, 0.15) is 0 Å². The quantitative estimate of drug-likeness (QED) is 0.166. The van der Waals surface area contributed by atoms with Crippen LogP contribution in [0.1, 0.15) is 10.4 Å². The smallest absolute Gasteiger partial charge is 0.521 e. The second-order valence-corrected chi connectivity index (χ2v) is 7.09. The fraction of sp³-hybridized carbons (Fsp3) is 0. The minimum Gasteiger partial charge on any atom is -0.521 e. The Morgan fingerprint density at radius 2 is 1.16 bits per heavy atom. The van der Waals surface area contributed by atoms with Gasteiger partial charge in [0.05, 0.1) is 0 Å². The van der Waals surface area contributed by atoms with Gasteiger partial charge >= 0.3 is 20.1 Å². The maximum absolute atomic E-state index is 13.2. The van der Waals surface area contributed by atoms with Crippen molar-refractivity contribution >= 4 is 5.97 Å². The van der Waals surface area contributed by atoms with Crippen LogP contribution >= 0.6 is 0 Å². The summed E-state index contributed by atoms with van der Waals surface area (Å²) in [5.41, 5.74) is 1.48. The summed E-state index contributed by atoms with van der Waals surface area (Å²) < 4.78 is 51.6. The third-order valence-electron chi connectivity index (χ3n) is 4.50. The van der Waals surface area contributed by atoms with E-state index in [1.54, 1.807) is 67.0 Å². The van der Waals surface area contributed by atoms with Crippen molar-refractivity contribution in [3.8, 4) is 22.5 Å². The Bertz CT molecular complexity index is 1350. The number of carboxylic acid groups (broad SMARTS) is 1. The monoisotopic (exact) mass is 694 g/mol. The predicted octanol–water partition coefficient (Wildman–Crippen LogP) is 6.84. The van der Waals surface area contributed by atoms with Crippen LogP contribution in [-0.4, -0.2) is 21.0 Å². The van der Waals surface area contributed by atoms with Gasteiger partial charge < -0.3 is 19.9 Å². The average Bonchev–Trinajstić information content (AvgIpc) is 2.91. The number of aromatic carboxylic acids is 1. The van der Waals surface area contributed by atoms with Crippen LogP contribution in [0.15, 0.2) is 97.3 Å². The number of carboxylic acids is 1. The average molecular weight is 694 g/mol. The third kappa shape index (κ3) is 9.03. The molecule has 5 aromatic rings. The Morgan fingerprint density at radius 3 is 1.47 bits per heavy atom. The van der Waals surface area contributed by atoms with Crippen molar-refractivity contribution in [2.24, 2.45) is 0 Å². The fourth-order valence-electron chi connectivity index (χ4n) is 2.83. The Kier molecular flexibility index (Phi) is 12.0. The summed E-state index contributed by atoms with van der Waals surface area (Å²) in [5.74, 6) is -3.51. The van der Waals surface area contributed by atoms with Crippen LogP contribution in [0.25, 0.3) is 22.5 Å². The molecule has 0 radical (unpaired) electrons. The molecular formula is C29H17F4IrN2O2. The van der Waals surface area contributed by atoms with Crippen LogP contribution in [0.5, 0.6) is 0 Å². The SMILES string of the molecule is Fc1c[c-]c(-c2ccccn2)c(F)c1.Fc1c[c-]c(-c2ccccn2)c(F)c1.O=C(O)c1[c-]cccc1.[Ir+3]. The molecule has 0 aliphatic heterocycles. The van der Waals surface area contributed by atoms with Crippen molar-refractivity contribution in [2.75, 3.05) is 0 Å². The van der Waals surface area contributed by atoms with E-state index in [2.05, 4.69) is 28.2 Å². The molecule has 0 aliphatic carbocycles. The maximum Gasteiger partial charge on any atom is 3.00 e. The number of rotatable bonds is 3. The van der Waals surface area contributed by atoms with Crippen molar-refractivity contribution in [1.29, 1.82) is 0 Å². The van der Waals surface area contributed by atoms with Gasteiger partial charge in [-0.3, -0.25) is 17.6 Å². The van der Waals surface area contributed by atoms with Crippen molar-refractivity contribution in [3.63, 3.8) is 0 Å². The summed E-state index contributed by atoms with van der Waals surface area (Å²) in [6, 6.07) is 28.1. The van der Waals surface area contributed by atoms with E-state index >= 15 is 0 Å². The molecule has 0 aliphatic rings. The number of pyridine rings is 2. The van der Waals surface area contributed by atoms with Crippen molar-refractivity contribution in [2.45, 2.75) is 0 Å². The molecular weight excluding hydrogens is 677 g/mol. The molecule has 2 aromatic heterocycles. The van der Waals surface area contributed by atoms with Crippen LogP contribution in [0.2, 0.25) is 0 Å². The van der Waals surface area contributed by atoms with Gasteiger partial charge in [0.25, 0.3) is 0 Å². The van der Waals surface area contributed by atoms with Gasteiger partial charge in [0.15, 0.2) is 0 Å². The zero-order valence-electron chi connectivity index (χ0n) is 19.3. The molecule has 0 amide bonds. The number of halogens is 4. The maximum atomic E-state index is 13.2. The molecule has 4 nitrogen and oxygen atoms in total. The fourth-order valence-corrected chi connectivity index (χ4v) is 2.83. The largest absolute Gasteiger partial charge is 3.00 e. The summed E-state index contributed by atoms with van der Waals surface area (Å²) in [6.45, 7) is 0. The Morgan fingerprint density at radius 1 is 0.684 bits per heavy atom. The number of aromatic nitrogens is 2. The van der Waals surface area contributed by atoms with Crippen molar-refractivity contribution in [3.05, 3.63) is 144 Å². The van der Waals surface area contributed by atoms with Crippen molar-refractivity contribution < 1.29 is 47.6 Å². The molecule has 38 heavy (non-hydrogen) atoms. The summed E-state index contributed by atoms with van der Waals surface area (Å²) in [5, 5.41) is 8.35. The minimum absolute atomic E-state index is 0. The second-order valence-electron chi connectivity index (χ2n) is 7.09. The van der Waals surface area contributed by atoms with Crippen LogP contribution < -0.4 is 0 Å². The molecule has 0 spiro atoms. The standard InChI is InChI=1S/2C11H6F2N.C7H5O2.Ir/c2*12-8-4-5-9(10(13)7-8)11-3-1-2-6-14-11;8-7(9)6-4-2-1-3-5-6;/h2*1-4,6-7H;1-4H,(H,8,9);/q3*-1;+3. The minimum atomic E-state index is -0.935. The number of benzene rings is 3. The van der Waals surface area contributed by atoms with Crippen LogP contribution in [0.3, 0.4) is 0 Å². The first kappa shape index (κ1) is 30.0. The van der Waals surface area contributed by atoms with Crippen LogP contribution in [0.4, 0.5) is 17.6 Å². The van der Waals surface area contributed by atoms with E-state index in [9.17, 15) is 22.4 Å². The first-order chi connectivity index (χ1) is 17.8. The molecule has 0 saturated carbocycles. The number of hydrogen-bond donors (Lipinski definition) is 1. The van der Waals surface area contributed by atoms with E-state index in [-0.39, 0.29) is 36.8 Å². The predicted molar refractivity (Wildman–Crippen MR) is 129 cm³/mol. The van der Waals surface area contributed by atoms with Gasteiger partial charge in [-0.1, -0.05) is 53.1 Å². The van der Waals surface area contributed by atoms with Crippen LogP contribution in [0, 0.1) is 41.5 Å². The van der Waals surface area contributed by atoms with Gasteiger partial charge in [-0.15, -0.1) is 54.6 Å². The van der Waals surface area contributed by atoms with E-state index in [1.165, 1.54) is 6.07 Å². The summed E-state index contributed by atoms with van der Waals surface area (Å²) in [4.78, 5) is 18.1. The molecule has 5 rings (SSSR count). The molecule has 3 aromatic carbocycles. The third-order valence-corrected chi connectivity index (χ3v) is 4.50. The van der Waals surface area contributed by atoms with Gasteiger partial charge in [-0.2, -0.15) is 0 Å². The molecule has 192 valence electrons. The molecule has 0 unspecified atom stereocenters. The van der Waals surface area contributed by atoms with E-state index in [4.69, 9.17) is 5.11 Å². The number of nitrogens with zero attached hydrogens (tertiary/aromatic N) is 2. The Balaban J connectivity index is 0.000000203. The van der Waals surface area contributed by atoms with E-state index in [0.717, 1.165) is 24.3 Å². The molecule has 2 heterocycles.